The molecule has 5 aromatic rings. The van der Waals surface area contributed by atoms with Crippen LogP contribution in [0.25, 0.3) is 10.4 Å². The van der Waals surface area contributed by atoms with E-state index in [4.69, 9.17) is 11.6 Å². The van der Waals surface area contributed by atoms with Gasteiger partial charge in [0.2, 0.25) is 27.8 Å². The van der Waals surface area contributed by atoms with Crippen LogP contribution in [0.5, 0.6) is 0 Å². The first-order valence-electron chi connectivity index (χ1n) is 24.5. The van der Waals surface area contributed by atoms with Gasteiger partial charge in [-0.2, -0.15) is 4.98 Å². The predicted octanol–water partition coefficient (Wildman–Crippen LogP) is 5.77. The van der Waals surface area contributed by atoms with Gasteiger partial charge in [0.15, 0.2) is 5.82 Å². The van der Waals surface area contributed by atoms with E-state index in [1.807, 2.05) is 57.5 Å². The number of halogens is 2. The van der Waals surface area contributed by atoms with Crippen molar-refractivity contribution in [1.82, 2.24) is 40.3 Å². The van der Waals surface area contributed by atoms with Gasteiger partial charge < -0.3 is 36.4 Å². The molecule has 3 saturated heterocycles. The fourth-order valence-electron chi connectivity index (χ4n) is 9.80. The number of para-hydroxylation sites is 2. The van der Waals surface area contributed by atoms with Crippen LogP contribution in [-0.4, -0.2) is 156 Å². The number of aryl methyl sites for hydroxylation is 1. The number of anilines is 6. The lowest BCUT2D eigenvalue weighted by molar-refractivity contribution is -0.135. The summed E-state index contributed by atoms with van der Waals surface area (Å²) in [6, 6.07) is 18.5. The zero-order valence-electron chi connectivity index (χ0n) is 42.1. The molecule has 4 atom stereocenters. The van der Waals surface area contributed by atoms with E-state index in [1.165, 1.54) is 19.3 Å². The number of likely N-dealkylation sites (tertiary alicyclic amines) is 1. The second-order valence-electron chi connectivity index (χ2n) is 20.2. The van der Waals surface area contributed by atoms with E-state index in [0.29, 0.717) is 55.0 Å². The van der Waals surface area contributed by atoms with Crippen LogP contribution in [0.2, 0.25) is 5.02 Å². The van der Waals surface area contributed by atoms with Gasteiger partial charge in [-0.25, -0.2) is 22.8 Å². The third-order valence-electron chi connectivity index (χ3n) is 14.0. The fourth-order valence-corrected chi connectivity index (χ4v) is 11.3. The number of hydrogen-bond donors (Lipinski definition) is 6. The highest BCUT2D eigenvalue weighted by Crippen LogP contribution is 2.34. The number of piperidine rings is 1. The normalized spacial score (nSPS) is 19.3. The molecule has 3 aliphatic rings. The van der Waals surface area contributed by atoms with Crippen LogP contribution >= 0.6 is 22.9 Å². The van der Waals surface area contributed by atoms with Gasteiger partial charge in [0.1, 0.15) is 17.1 Å². The quantitative estimate of drug-likeness (QED) is 0.0653. The molecule has 73 heavy (non-hydrogen) atoms. The van der Waals surface area contributed by atoms with Crippen molar-refractivity contribution in [3.63, 3.8) is 0 Å². The maximum atomic E-state index is 15.7. The Hall–Kier alpha value is -5.52. The minimum Gasteiger partial charge on any atom is -0.392 e. The fraction of sp³-hybridized carbons (Fsp3) is 0.471. The molecule has 2 aromatic heterocycles. The Balaban J connectivity index is 0.789. The van der Waals surface area contributed by atoms with E-state index in [9.17, 15) is 28.2 Å². The number of piperazine rings is 1. The first-order valence-corrected chi connectivity index (χ1v) is 27.6. The minimum absolute atomic E-state index is 0.0976. The summed E-state index contributed by atoms with van der Waals surface area (Å²) in [6.07, 6.45) is 2.37. The van der Waals surface area contributed by atoms with E-state index in [-0.39, 0.29) is 60.5 Å². The largest absolute Gasteiger partial charge is 0.392 e. The number of β-amino-alcohol motifs (C(OH)–C–C–N with tert-alkyl or cyclic N) is 1. The van der Waals surface area contributed by atoms with Gasteiger partial charge >= 0.3 is 0 Å². The Bertz CT molecular complexity index is 2840. The van der Waals surface area contributed by atoms with Gasteiger partial charge in [0.05, 0.1) is 70.3 Å². The summed E-state index contributed by atoms with van der Waals surface area (Å²) in [5, 5.41) is 35.0. The molecule has 0 aliphatic carbocycles. The van der Waals surface area contributed by atoms with Crippen LogP contribution in [0.1, 0.15) is 51.3 Å². The molecule has 8 rings (SSSR count). The second kappa shape index (κ2) is 22.9. The maximum Gasteiger partial charge on any atom is 0.237 e. The standard InChI is InChI=1S/C51H66ClFN12O6S2/c1-32-45(72-31-56-32)34-13-11-33(12-14-34)27-54-48(68)43-26-37(66)29-65(43)49(69)46(51(2,3)4)59-44(67)30-62-21-23-63(24-22-62)36-17-19-64(20-18-36)41-16-15-35(25-39(41)53)57-50-55-28-38(52)47(60-50)58-40-9-7-8-10-42(40)61(5)73(6,70)71/h7-16,25,28,31,36-37,43,46,49,66,69H,17-24,26-27,29-30H2,1-6H3,(H,54,68)(H,59,67)(H2,55,57,58,60)/t37-,43-,46-,49?/m1/s1. The van der Waals surface area contributed by atoms with Gasteiger partial charge in [-0.3, -0.25) is 28.6 Å². The highest BCUT2D eigenvalue weighted by Gasteiger charge is 2.45. The molecule has 0 bridgehead atoms. The number of thiazole rings is 1. The molecule has 18 nitrogen and oxygen atoms in total. The van der Waals surface area contributed by atoms with Crippen LogP contribution in [0.15, 0.2) is 78.4 Å². The Morgan fingerprint density at radius 1 is 0.986 bits per heavy atom. The summed E-state index contributed by atoms with van der Waals surface area (Å²) in [5.41, 5.74) is 6.00. The number of aliphatic hydroxyl groups excluding tert-OH is 2. The topological polar surface area (TPSA) is 212 Å². The van der Waals surface area contributed by atoms with E-state index in [0.717, 1.165) is 58.2 Å². The average molecular weight is 1060 g/mol. The number of carbonyl (C=O) groups is 2. The number of carbonyl (C=O) groups excluding carboxylic acids is 2. The SMILES string of the molecule is Cc1ncsc1-c1ccc(CNC(=O)[C@H]2C[C@@H](O)CN2C(O)[C@@H](NC(=O)CN2CCN(C3CCN(c4ccc(Nc5ncc(Cl)c(Nc6ccccc6N(C)S(C)(=O)=O)n5)cc4F)CC3)CC2)C(C)(C)C)cc1. The number of rotatable bonds is 17. The first-order chi connectivity index (χ1) is 34.7. The van der Waals surface area contributed by atoms with E-state index < -0.39 is 39.9 Å². The van der Waals surface area contributed by atoms with Crippen molar-refractivity contribution in [2.24, 2.45) is 5.41 Å². The van der Waals surface area contributed by atoms with Crippen LogP contribution in [0.4, 0.5) is 38.9 Å². The molecule has 3 aromatic carbocycles. The number of benzene rings is 3. The second-order valence-corrected chi connectivity index (χ2v) is 23.5. The molecule has 1 unspecified atom stereocenters. The van der Waals surface area contributed by atoms with Gasteiger partial charge in [-0.15, -0.1) is 11.3 Å². The van der Waals surface area contributed by atoms with Crippen molar-refractivity contribution in [3.8, 4) is 10.4 Å². The van der Waals surface area contributed by atoms with Crippen molar-refractivity contribution >= 4 is 79.3 Å². The lowest BCUT2D eigenvalue weighted by Gasteiger charge is -2.43. The van der Waals surface area contributed by atoms with Gasteiger partial charge in [0.25, 0.3) is 0 Å². The van der Waals surface area contributed by atoms with Crippen molar-refractivity contribution in [3.05, 3.63) is 101 Å². The zero-order valence-corrected chi connectivity index (χ0v) is 44.4. The van der Waals surface area contributed by atoms with Crippen molar-refractivity contribution < 1.29 is 32.6 Å². The number of sulfonamides is 1. The summed E-state index contributed by atoms with van der Waals surface area (Å²) in [5.74, 6) is -0.508. The molecule has 3 aliphatic heterocycles. The van der Waals surface area contributed by atoms with Crippen LogP contribution in [0.3, 0.4) is 0 Å². The van der Waals surface area contributed by atoms with Crippen molar-refractivity contribution in [1.29, 1.82) is 0 Å². The zero-order chi connectivity index (χ0) is 52.2. The number of aromatic nitrogens is 3. The maximum absolute atomic E-state index is 15.7. The smallest absolute Gasteiger partial charge is 0.237 e. The predicted molar refractivity (Wildman–Crippen MR) is 286 cm³/mol. The lowest BCUT2D eigenvalue weighted by Crippen LogP contribution is -2.61. The Kier molecular flexibility index (Phi) is 16.9. The van der Waals surface area contributed by atoms with Crippen LogP contribution in [0, 0.1) is 18.2 Å². The molecule has 2 amide bonds. The summed E-state index contributed by atoms with van der Waals surface area (Å²) in [4.78, 5) is 49.7. The van der Waals surface area contributed by atoms with Crippen molar-refractivity contribution in [2.75, 3.05) is 85.5 Å². The monoisotopic (exact) mass is 1060 g/mol. The molecule has 392 valence electrons. The summed E-state index contributed by atoms with van der Waals surface area (Å²) in [6.45, 7) is 12.6. The number of amides is 2. The Morgan fingerprint density at radius 2 is 1.70 bits per heavy atom. The number of nitrogens with one attached hydrogen (secondary N) is 4. The van der Waals surface area contributed by atoms with E-state index >= 15 is 4.39 Å². The third kappa shape index (κ3) is 13.2. The molecule has 3 fully saturated rings. The molecule has 0 spiro atoms. The highest BCUT2D eigenvalue weighted by molar-refractivity contribution is 7.92. The average Bonchev–Trinajstić information content (AvgIpc) is 3.98. The lowest BCUT2D eigenvalue weighted by atomic mass is 9.85. The van der Waals surface area contributed by atoms with E-state index in [1.54, 1.807) is 52.6 Å². The third-order valence-corrected chi connectivity index (χ3v) is 16.4. The number of hydrogen-bond acceptors (Lipinski definition) is 16. The van der Waals surface area contributed by atoms with Gasteiger partial charge in [-0.1, -0.05) is 68.8 Å². The van der Waals surface area contributed by atoms with Crippen molar-refractivity contribution in [2.45, 2.75) is 84.0 Å². The Morgan fingerprint density at radius 3 is 2.36 bits per heavy atom. The molecule has 0 radical (unpaired) electrons. The summed E-state index contributed by atoms with van der Waals surface area (Å²) < 4.78 is 41.4. The van der Waals surface area contributed by atoms with E-state index in [2.05, 4.69) is 50.9 Å². The molecule has 6 N–H and O–H groups in total. The molecule has 5 heterocycles. The number of aliphatic hydroxyl groups is 2. The molecular weight excluding hydrogens is 995 g/mol. The van der Waals surface area contributed by atoms with Gasteiger partial charge in [0, 0.05) is 71.1 Å². The summed E-state index contributed by atoms with van der Waals surface area (Å²) in [7, 11) is -2.09. The van der Waals surface area contributed by atoms with Crippen LogP contribution < -0.4 is 30.5 Å². The van der Waals surface area contributed by atoms with Gasteiger partial charge in [-0.05, 0) is 73.1 Å². The molecular formula is C51H66ClFN12O6S2. The molecule has 22 heteroatoms. The minimum atomic E-state index is -3.54. The Labute approximate surface area is 436 Å². The number of nitrogens with zero attached hydrogens (tertiary/aromatic N) is 8. The summed E-state index contributed by atoms with van der Waals surface area (Å²) >= 11 is 8.01. The first kappa shape index (κ1) is 53.8. The van der Waals surface area contributed by atoms with Crippen LogP contribution in [-0.2, 0) is 26.2 Å². The molecule has 0 saturated carbocycles. The highest BCUT2D eigenvalue weighted by atomic mass is 35.5.